The number of benzene rings is 1. The summed E-state index contributed by atoms with van der Waals surface area (Å²) in [5.41, 5.74) is 2.20. The molecule has 0 radical (unpaired) electrons. The SMILES string of the molecule is CCOC(=O)c1c(NC(=O)COC(=O)c2n[nH]c3ccccc23)sc2c1CCC(C)C2. The average molecular weight is 442 g/mol. The first-order valence-corrected chi connectivity index (χ1v) is 11.0. The molecule has 0 fully saturated rings. The predicted octanol–water partition coefficient (Wildman–Crippen LogP) is 3.72. The van der Waals surface area contributed by atoms with Gasteiger partial charge in [-0.25, -0.2) is 9.59 Å². The van der Waals surface area contributed by atoms with Crippen molar-refractivity contribution in [3.63, 3.8) is 0 Å². The normalized spacial score (nSPS) is 15.4. The molecular weight excluding hydrogens is 418 g/mol. The zero-order valence-corrected chi connectivity index (χ0v) is 18.1. The third-order valence-corrected chi connectivity index (χ3v) is 6.41. The lowest BCUT2D eigenvalue weighted by molar-refractivity contribution is -0.119. The molecule has 4 rings (SSSR count). The minimum atomic E-state index is -0.697. The van der Waals surface area contributed by atoms with Crippen LogP contribution < -0.4 is 5.32 Å². The van der Waals surface area contributed by atoms with E-state index in [1.165, 1.54) is 11.3 Å². The number of amides is 1. The number of aromatic nitrogens is 2. The minimum absolute atomic E-state index is 0.121. The van der Waals surface area contributed by atoms with E-state index in [-0.39, 0.29) is 12.3 Å². The summed E-state index contributed by atoms with van der Waals surface area (Å²) >= 11 is 1.39. The van der Waals surface area contributed by atoms with E-state index < -0.39 is 24.5 Å². The van der Waals surface area contributed by atoms with Crippen molar-refractivity contribution < 1.29 is 23.9 Å². The molecule has 0 saturated heterocycles. The Kier molecular flexibility index (Phi) is 6.03. The molecule has 2 N–H and O–H groups in total. The molecule has 1 aromatic carbocycles. The summed E-state index contributed by atoms with van der Waals surface area (Å²) in [4.78, 5) is 38.5. The van der Waals surface area contributed by atoms with Crippen LogP contribution in [0.3, 0.4) is 0 Å². The van der Waals surface area contributed by atoms with Crippen LogP contribution in [-0.2, 0) is 27.1 Å². The van der Waals surface area contributed by atoms with Crippen molar-refractivity contribution in [3.8, 4) is 0 Å². The van der Waals surface area contributed by atoms with Gasteiger partial charge in [0.05, 0.1) is 17.7 Å². The molecular formula is C22H23N3O5S. The summed E-state index contributed by atoms with van der Waals surface area (Å²) in [6.45, 7) is 3.68. The molecule has 9 heteroatoms. The van der Waals surface area contributed by atoms with Gasteiger partial charge in [-0.1, -0.05) is 25.1 Å². The quantitative estimate of drug-likeness (QED) is 0.564. The minimum Gasteiger partial charge on any atom is -0.462 e. The fourth-order valence-electron chi connectivity index (χ4n) is 3.74. The smallest absolute Gasteiger partial charge is 0.359 e. The lowest BCUT2D eigenvalue weighted by atomic mass is 9.88. The van der Waals surface area contributed by atoms with Crippen LogP contribution in [0, 0.1) is 5.92 Å². The predicted molar refractivity (Wildman–Crippen MR) is 116 cm³/mol. The first kappa shape index (κ1) is 21.0. The number of carbonyl (C=O) groups excluding carboxylic acids is 3. The Balaban J connectivity index is 1.47. The highest BCUT2D eigenvalue weighted by Gasteiger charge is 2.29. The topological polar surface area (TPSA) is 110 Å². The van der Waals surface area contributed by atoms with E-state index >= 15 is 0 Å². The fraction of sp³-hybridized carbons (Fsp3) is 0.364. The second kappa shape index (κ2) is 8.89. The van der Waals surface area contributed by atoms with Crippen molar-refractivity contribution in [2.75, 3.05) is 18.5 Å². The van der Waals surface area contributed by atoms with E-state index in [1.807, 2.05) is 6.07 Å². The summed E-state index contributed by atoms with van der Waals surface area (Å²) in [5.74, 6) is -1.14. The van der Waals surface area contributed by atoms with Crippen LogP contribution in [0.1, 0.15) is 51.6 Å². The summed E-state index contributed by atoms with van der Waals surface area (Å²) in [6.07, 6.45) is 2.63. The van der Waals surface area contributed by atoms with Gasteiger partial charge in [0.2, 0.25) is 0 Å². The van der Waals surface area contributed by atoms with Gasteiger partial charge in [0.25, 0.3) is 5.91 Å². The number of ether oxygens (including phenoxy) is 2. The van der Waals surface area contributed by atoms with Crippen molar-refractivity contribution in [2.45, 2.75) is 33.1 Å². The van der Waals surface area contributed by atoms with Crippen molar-refractivity contribution in [1.29, 1.82) is 0 Å². The van der Waals surface area contributed by atoms with Gasteiger partial charge in [-0.3, -0.25) is 9.89 Å². The number of hydrogen-bond donors (Lipinski definition) is 2. The molecule has 0 saturated carbocycles. The molecule has 0 aliphatic heterocycles. The van der Waals surface area contributed by atoms with E-state index in [0.29, 0.717) is 27.4 Å². The third kappa shape index (κ3) is 4.32. The molecule has 3 aromatic rings. The third-order valence-electron chi connectivity index (χ3n) is 5.24. The average Bonchev–Trinajstić information content (AvgIpc) is 3.33. The van der Waals surface area contributed by atoms with E-state index in [4.69, 9.17) is 9.47 Å². The highest BCUT2D eigenvalue weighted by atomic mass is 32.1. The monoisotopic (exact) mass is 441 g/mol. The zero-order valence-electron chi connectivity index (χ0n) is 17.3. The van der Waals surface area contributed by atoms with Crippen molar-refractivity contribution in [3.05, 3.63) is 46.0 Å². The molecule has 8 nitrogen and oxygen atoms in total. The van der Waals surface area contributed by atoms with Gasteiger partial charge < -0.3 is 14.8 Å². The maximum atomic E-state index is 12.5. The molecule has 31 heavy (non-hydrogen) atoms. The summed E-state index contributed by atoms with van der Waals surface area (Å²) in [5, 5.41) is 10.5. The van der Waals surface area contributed by atoms with E-state index in [0.717, 1.165) is 29.7 Å². The highest BCUT2D eigenvalue weighted by molar-refractivity contribution is 7.17. The summed E-state index contributed by atoms with van der Waals surface area (Å²) in [7, 11) is 0. The van der Waals surface area contributed by atoms with Crippen molar-refractivity contribution in [1.82, 2.24) is 10.2 Å². The standard InChI is InChI=1S/C22H23N3O5S/c1-3-29-21(27)18-14-9-8-12(2)10-16(14)31-20(18)23-17(26)11-30-22(28)19-13-6-4-5-7-15(13)24-25-19/h4-7,12H,3,8-11H2,1-2H3,(H,23,26)(H,24,25). The number of nitrogens with one attached hydrogen (secondary N) is 2. The molecule has 1 unspecified atom stereocenters. The summed E-state index contributed by atoms with van der Waals surface area (Å²) < 4.78 is 10.4. The van der Waals surface area contributed by atoms with Crippen LogP contribution >= 0.6 is 11.3 Å². The fourth-order valence-corrected chi connectivity index (χ4v) is 5.15. The van der Waals surface area contributed by atoms with Crippen LogP contribution in [0.4, 0.5) is 5.00 Å². The van der Waals surface area contributed by atoms with Gasteiger partial charge in [-0.15, -0.1) is 11.3 Å². The highest BCUT2D eigenvalue weighted by Crippen LogP contribution is 2.40. The Morgan fingerprint density at radius 1 is 1.23 bits per heavy atom. The number of thiophene rings is 1. The molecule has 162 valence electrons. The van der Waals surface area contributed by atoms with Gasteiger partial charge in [-0.2, -0.15) is 5.10 Å². The molecule has 0 bridgehead atoms. The Morgan fingerprint density at radius 3 is 2.84 bits per heavy atom. The Labute approximate surface area is 182 Å². The number of hydrogen-bond acceptors (Lipinski definition) is 7. The van der Waals surface area contributed by atoms with Gasteiger partial charge in [0, 0.05) is 10.3 Å². The second-order valence-electron chi connectivity index (χ2n) is 7.52. The molecule has 2 heterocycles. The zero-order chi connectivity index (χ0) is 22.0. The number of aromatic amines is 1. The van der Waals surface area contributed by atoms with E-state index in [2.05, 4.69) is 22.4 Å². The Bertz CT molecular complexity index is 1150. The number of para-hydroxylation sites is 1. The number of esters is 2. The lowest BCUT2D eigenvalue weighted by Gasteiger charge is -2.18. The number of H-pyrrole nitrogens is 1. The van der Waals surface area contributed by atoms with E-state index in [9.17, 15) is 14.4 Å². The van der Waals surface area contributed by atoms with Crippen LogP contribution in [0.15, 0.2) is 24.3 Å². The van der Waals surface area contributed by atoms with Crippen LogP contribution in [-0.4, -0.2) is 41.3 Å². The maximum Gasteiger partial charge on any atom is 0.359 e. The van der Waals surface area contributed by atoms with Crippen molar-refractivity contribution in [2.24, 2.45) is 5.92 Å². The Hall–Kier alpha value is -3.20. The molecule has 1 amide bonds. The van der Waals surface area contributed by atoms with Gasteiger partial charge >= 0.3 is 11.9 Å². The number of anilines is 1. The largest absolute Gasteiger partial charge is 0.462 e. The van der Waals surface area contributed by atoms with Crippen molar-refractivity contribution >= 4 is 45.1 Å². The number of rotatable bonds is 6. The number of carbonyl (C=O) groups is 3. The Morgan fingerprint density at radius 2 is 2.03 bits per heavy atom. The van der Waals surface area contributed by atoms with Gasteiger partial charge in [0.1, 0.15) is 5.00 Å². The van der Waals surface area contributed by atoms with Crippen LogP contribution in [0.25, 0.3) is 10.9 Å². The number of nitrogens with zero attached hydrogens (tertiary/aromatic N) is 1. The first-order valence-electron chi connectivity index (χ1n) is 10.2. The van der Waals surface area contributed by atoms with E-state index in [1.54, 1.807) is 25.1 Å². The summed E-state index contributed by atoms with van der Waals surface area (Å²) in [6, 6.07) is 7.16. The molecule has 1 aliphatic carbocycles. The molecule has 2 aromatic heterocycles. The molecule has 1 atom stereocenters. The molecule has 1 aliphatic rings. The molecule has 0 spiro atoms. The number of fused-ring (bicyclic) bond motifs is 2. The van der Waals surface area contributed by atoms with Crippen LogP contribution in [0.5, 0.6) is 0 Å². The first-order chi connectivity index (χ1) is 15.0. The van der Waals surface area contributed by atoms with Gasteiger partial charge in [0.15, 0.2) is 12.3 Å². The van der Waals surface area contributed by atoms with Crippen LogP contribution in [0.2, 0.25) is 0 Å². The lowest BCUT2D eigenvalue weighted by Crippen LogP contribution is -2.22. The van der Waals surface area contributed by atoms with Gasteiger partial charge in [-0.05, 0) is 43.7 Å². The second-order valence-corrected chi connectivity index (χ2v) is 8.62. The maximum absolute atomic E-state index is 12.5.